The molecule has 2 aromatic heterocycles. The van der Waals surface area contributed by atoms with Crippen molar-refractivity contribution in [1.29, 1.82) is 0 Å². The summed E-state index contributed by atoms with van der Waals surface area (Å²) in [5.41, 5.74) is 1.16. The highest BCUT2D eigenvalue weighted by Crippen LogP contribution is 2.42. The molecule has 0 N–H and O–H groups in total. The monoisotopic (exact) mass is 316 g/mol. The predicted octanol–water partition coefficient (Wildman–Crippen LogP) is 2.83. The van der Waals surface area contributed by atoms with Crippen LogP contribution < -0.4 is 0 Å². The summed E-state index contributed by atoms with van der Waals surface area (Å²) in [5, 5.41) is 5.49. The molecule has 22 heavy (non-hydrogen) atoms. The van der Waals surface area contributed by atoms with Crippen LogP contribution in [0, 0.1) is 6.92 Å². The summed E-state index contributed by atoms with van der Waals surface area (Å²) in [7, 11) is 0. The van der Waals surface area contributed by atoms with E-state index in [9.17, 15) is 4.79 Å². The molecule has 1 saturated heterocycles. The molecule has 0 aromatic carbocycles. The second-order valence-electron chi connectivity index (χ2n) is 6.37. The Morgan fingerprint density at radius 3 is 2.95 bits per heavy atom. The SMILES string of the molecule is Cc1cnn(C[C@@H]2CCCN2C(=O)c2cnc(C3CC3)s2)c1. The highest BCUT2D eigenvalue weighted by atomic mass is 32.1. The summed E-state index contributed by atoms with van der Waals surface area (Å²) in [6.07, 6.45) is 10.3. The first-order chi connectivity index (χ1) is 10.7. The average Bonchev–Trinajstić information content (AvgIpc) is 2.92. The minimum Gasteiger partial charge on any atom is -0.333 e. The molecule has 116 valence electrons. The number of rotatable bonds is 4. The summed E-state index contributed by atoms with van der Waals surface area (Å²) in [6, 6.07) is 0.248. The Balaban J connectivity index is 1.48. The van der Waals surface area contributed by atoms with E-state index in [1.54, 1.807) is 17.5 Å². The smallest absolute Gasteiger partial charge is 0.265 e. The van der Waals surface area contributed by atoms with Gasteiger partial charge in [-0.25, -0.2) is 4.98 Å². The Hall–Kier alpha value is -1.69. The molecule has 5 nitrogen and oxygen atoms in total. The van der Waals surface area contributed by atoms with Crippen molar-refractivity contribution in [2.24, 2.45) is 0 Å². The first-order valence-corrected chi connectivity index (χ1v) is 8.78. The number of hydrogen-bond donors (Lipinski definition) is 0. The van der Waals surface area contributed by atoms with Gasteiger partial charge in [-0.1, -0.05) is 0 Å². The zero-order valence-corrected chi connectivity index (χ0v) is 13.6. The number of hydrogen-bond acceptors (Lipinski definition) is 4. The van der Waals surface area contributed by atoms with Gasteiger partial charge < -0.3 is 4.90 Å². The summed E-state index contributed by atoms with van der Waals surface area (Å²) in [4.78, 5) is 20.0. The summed E-state index contributed by atoms with van der Waals surface area (Å²) < 4.78 is 1.95. The van der Waals surface area contributed by atoms with Crippen molar-refractivity contribution in [3.05, 3.63) is 34.0 Å². The van der Waals surface area contributed by atoms with Crippen molar-refractivity contribution >= 4 is 17.2 Å². The van der Waals surface area contributed by atoms with Crippen LogP contribution in [0.5, 0.6) is 0 Å². The van der Waals surface area contributed by atoms with Crippen molar-refractivity contribution in [3.8, 4) is 0 Å². The maximum Gasteiger partial charge on any atom is 0.265 e. The average molecular weight is 316 g/mol. The third-order valence-electron chi connectivity index (χ3n) is 4.46. The molecule has 0 unspecified atom stereocenters. The fourth-order valence-corrected chi connectivity index (χ4v) is 4.17. The number of amides is 1. The first-order valence-electron chi connectivity index (χ1n) is 7.96. The third-order valence-corrected chi connectivity index (χ3v) is 5.61. The third kappa shape index (κ3) is 2.67. The Morgan fingerprint density at radius 2 is 2.23 bits per heavy atom. The van der Waals surface area contributed by atoms with Gasteiger partial charge in [0.15, 0.2) is 0 Å². The molecule has 2 aliphatic rings. The van der Waals surface area contributed by atoms with E-state index >= 15 is 0 Å². The summed E-state index contributed by atoms with van der Waals surface area (Å²) in [6.45, 7) is 3.67. The maximum atomic E-state index is 12.8. The zero-order chi connectivity index (χ0) is 15.1. The molecule has 0 spiro atoms. The molecule has 1 atom stereocenters. The van der Waals surface area contributed by atoms with E-state index in [1.165, 1.54) is 12.8 Å². The summed E-state index contributed by atoms with van der Waals surface area (Å²) in [5.74, 6) is 0.767. The molecular weight excluding hydrogens is 296 g/mol. The molecule has 0 bridgehead atoms. The number of carbonyl (C=O) groups is 1. The van der Waals surface area contributed by atoms with Gasteiger partial charge in [0.2, 0.25) is 0 Å². The van der Waals surface area contributed by atoms with E-state index in [0.717, 1.165) is 41.4 Å². The van der Waals surface area contributed by atoms with Gasteiger partial charge in [0.25, 0.3) is 5.91 Å². The van der Waals surface area contributed by atoms with E-state index in [4.69, 9.17) is 0 Å². The van der Waals surface area contributed by atoms with Gasteiger partial charge >= 0.3 is 0 Å². The number of aromatic nitrogens is 3. The van der Waals surface area contributed by atoms with Crippen molar-refractivity contribution in [1.82, 2.24) is 19.7 Å². The fraction of sp³-hybridized carbons (Fsp3) is 0.562. The number of aryl methyl sites for hydroxylation is 1. The second kappa shape index (κ2) is 5.50. The van der Waals surface area contributed by atoms with Gasteiger partial charge in [0.05, 0.1) is 30.0 Å². The van der Waals surface area contributed by atoms with E-state index in [-0.39, 0.29) is 11.9 Å². The molecule has 2 aromatic rings. The van der Waals surface area contributed by atoms with Gasteiger partial charge in [0, 0.05) is 18.7 Å². The molecule has 1 aliphatic heterocycles. The highest BCUT2D eigenvalue weighted by molar-refractivity contribution is 7.13. The van der Waals surface area contributed by atoms with Gasteiger partial charge in [-0.2, -0.15) is 5.10 Å². The van der Waals surface area contributed by atoms with Gasteiger partial charge in [0.1, 0.15) is 4.88 Å². The largest absolute Gasteiger partial charge is 0.333 e. The Labute approximate surface area is 134 Å². The Morgan fingerprint density at radius 1 is 1.36 bits per heavy atom. The van der Waals surface area contributed by atoms with Crippen LogP contribution >= 0.6 is 11.3 Å². The van der Waals surface area contributed by atoms with E-state index in [2.05, 4.69) is 10.1 Å². The Kier molecular flexibility index (Phi) is 3.48. The van der Waals surface area contributed by atoms with Crippen molar-refractivity contribution in [2.45, 2.75) is 51.1 Å². The van der Waals surface area contributed by atoms with E-state index in [0.29, 0.717) is 5.92 Å². The fourth-order valence-electron chi connectivity index (χ4n) is 3.12. The van der Waals surface area contributed by atoms with E-state index < -0.39 is 0 Å². The van der Waals surface area contributed by atoms with Crippen LogP contribution in [0.3, 0.4) is 0 Å². The van der Waals surface area contributed by atoms with E-state index in [1.807, 2.05) is 28.9 Å². The molecule has 1 saturated carbocycles. The molecule has 3 heterocycles. The van der Waals surface area contributed by atoms with Crippen LogP contribution in [0.1, 0.15) is 51.8 Å². The van der Waals surface area contributed by atoms with Crippen LogP contribution in [-0.4, -0.2) is 38.2 Å². The normalized spacial score (nSPS) is 21.5. The molecule has 6 heteroatoms. The standard InChI is InChI=1S/C16H20N4OS/c1-11-7-18-19(9-11)10-13-3-2-6-20(13)16(21)14-8-17-15(22-14)12-4-5-12/h7-9,12-13H,2-6,10H2,1H3/t13-/m0/s1. The number of likely N-dealkylation sites (tertiary alicyclic amines) is 1. The molecule has 1 aliphatic carbocycles. The highest BCUT2D eigenvalue weighted by Gasteiger charge is 2.32. The van der Waals surface area contributed by atoms with Crippen LogP contribution in [0.25, 0.3) is 0 Å². The minimum atomic E-state index is 0.149. The lowest BCUT2D eigenvalue weighted by molar-refractivity contribution is 0.0726. The van der Waals surface area contributed by atoms with Crippen LogP contribution in [0.4, 0.5) is 0 Å². The number of nitrogens with zero attached hydrogens (tertiary/aromatic N) is 4. The van der Waals surface area contributed by atoms with Crippen molar-refractivity contribution < 1.29 is 4.79 Å². The van der Waals surface area contributed by atoms with Gasteiger partial charge in [-0.15, -0.1) is 11.3 Å². The second-order valence-corrected chi connectivity index (χ2v) is 7.43. The van der Waals surface area contributed by atoms with Crippen LogP contribution in [0.15, 0.2) is 18.6 Å². The molecule has 4 rings (SSSR count). The number of carbonyl (C=O) groups excluding carboxylic acids is 1. The minimum absolute atomic E-state index is 0.149. The zero-order valence-electron chi connectivity index (χ0n) is 12.7. The van der Waals surface area contributed by atoms with Crippen LogP contribution in [-0.2, 0) is 6.54 Å². The van der Waals surface area contributed by atoms with Crippen LogP contribution in [0.2, 0.25) is 0 Å². The maximum absolute atomic E-state index is 12.8. The Bertz CT molecular complexity index is 688. The molecule has 1 amide bonds. The quantitative estimate of drug-likeness (QED) is 0.871. The summed E-state index contributed by atoms with van der Waals surface area (Å²) >= 11 is 1.59. The topological polar surface area (TPSA) is 51.0 Å². The molecule has 2 fully saturated rings. The predicted molar refractivity (Wildman–Crippen MR) is 85.1 cm³/mol. The lowest BCUT2D eigenvalue weighted by Gasteiger charge is -2.24. The van der Waals surface area contributed by atoms with Crippen molar-refractivity contribution in [2.75, 3.05) is 6.54 Å². The lowest BCUT2D eigenvalue weighted by Crippen LogP contribution is -2.37. The van der Waals surface area contributed by atoms with Gasteiger partial charge in [-0.05, 0) is 38.2 Å². The van der Waals surface area contributed by atoms with Crippen molar-refractivity contribution in [3.63, 3.8) is 0 Å². The number of thiazole rings is 1. The molecule has 0 radical (unpaired) electrons. The van der Waals surface area contributed by atoms with Gasteiger partial charge in [-0.3, -0.25) is 9.48 Å². The molecular formula is C16H20N4OS. The first kappa shape index (κ1) is 13.9. The lowest BCUT2D eigenvalue weighted by atomic mass is 10.2.